The van der Waals surface area contributed by atoms with E-state index in [2.05, 4.69) is 10.6 Å². The summed E-state index contributed by atoms with van der Waals surface area (Å²) in [5.74, 6) is 1.98. The smallest absolute Gasteiger partial charge is 0.322 e. The molecule has 0 unspecified atom stereocenters. The first-order valence-corrected chi connectivity index (χ1v) is 10.7. The van der Waals surface area contributed by atoms with Gasteiger partial charge in [0.15, 0.2) is 12.4 Å². The number of benzene rings is 1. The molecule has 1 heterocycles. The molecule has 0 aliphatic heterocycles. The van der Waals surface area contributed by atoms with Crippen LogP contribution < -0.4 is 15.2 Å². The van der Waals surface area contributed by atoms with Crippen molar-refractivity contribution < 1.29 is 14.2 Å². The summed E-state index contributed by atoms with van der Waals surface area (Å²) in [7, 11) is 0. The molecule has 3 amide bonds. The van der Waals surface area contributed by atoms with Gasteiger partial charge in [-0.2, -0.15) is 4.57 Å². The second kappa shape index (κ2) is 7.29. The molecular formula is C24H28N3O2+. The van der Waals surface area contributed by atoms with Gasteiger partial charge in [-0.3, -0.25) is 10.1 Å². The molecule has 4 aliphatic rings. The topological polar surface area (TPSA) is 62.1 Å². The van der Waals surface area contributed by atoms with Gasteiger partial charge in [-0.15, -0.1) is 0 Å². The predicted octanol–water partition coefficient (Wildman–Crippen LogP) is 3.44. The van der Waals surface area contributed by atoms with Gasteiger partial charge < -0.3 is 5.32 Å². The summed E-state index contributed by atoms with van der Waals surface area (Å²) >= 11 is 0. The molecule has 6 rings (SSSR count). The molecule has 1 aromatic heterocycles. The third kappa shape index (κ3) is 3.91. The summed E-state index contributed by atoms with van der Waals surface area (Å²) in [5.41, 5.74) is 2.06. The van der Waals surface area contributed by atoms with Crippen molar-refractivity contribution in [3.8, 4) is 11.1 Å². The number of carbonyl (C=O) groups is 2. The number of urea groups is 1. The molecule has 4 saturated carbocycles. The van der Waals surface area contributed by atoms with Crippen molar-refractivity contribution in [2.75, 3.05) is 0 Å². The van der Waals surface area contributed by atoms with Gasteiger partial charge in [-0.25, -0.2) is 4.79 Å². The minimum atomic E-state index is -0.336. The highest BCUT2D eigenvalue weighted by molar-refractivity contribution is 5.94. The Labute approximate surface area is 171 Å². The van der Waals surface area contributed by atoms with Crippen LogP contribution in [0.5, 0.6) is 0 Å². The third-order valence-corrected chi connectivity index (χ3v) is 6.96. The van der Waals surface area contributed by atoms with Crippen LogP contribution in [0.4, 0.5) is 4.79 Å². The largest absolute Gasteiger partial charge is 0.332 e. The zero-order valence-electron chi connectivity index (χ0n) is 16.6. The maximum Gasteiger partial charge on any atom is 0.322 e. The fourth-order valence-electron chi connectivity index (χ4n) is 6.29. The number of aromatic nitrogens is 1. The molecule has 1 aromatic carbocycles. The van der Waals surface area contributed by atoms with Crippen molar-refractivity contribution in [2.24, 2.45) is 17.8 Å². The molecule has 4 fully saturated rings. The Morgan fingerprint density at radius 2 is 1.52 bits per heavy atom. The number of hydrogen-bond acceptors (Lipinski definition) is 2. The number of nitrogens with zero attached hydrogens (tertiary/aromatic N) is 1. The lowest BCUT2D eigenvalue weighted by molar-refractivity contribution is -0.683. The number of carbonyl (C=O) groups excluding carboxylic acids is 2. The van der Waals surface area contributed by atoms with E-state index in [0.717, 1.165) is 48.1 Å². The van der Waals surface area contributed by atoms with Crippen LogP contribution in [0.1, 0.15) is 38.5 Å². The summed E-state index contributed by atoms with van der Waals surface area (Å²) in [4.78, 5) is 25.0. The summed E-state index contributed by atoms with van der Waals surface area (Å²) in [6, 6.07) is 13.7. The highest BCUT2D eigenvalue weighted by atomic mass is 16.2. The van der Waals surface area contributed by atoms with Crippen LogP contribution in [0, 0.1) is 17.8 Å². The molecule has 150 valence electrons. The van der Waals surface area contributed by atoms with E-state index < -0.39 is 0 Å². The summed E-state index contributed by atoms with van der Waals surface area (Å²) in [6.07, 6.45) is 11.0. The molecule has 0 saturated heterocycles. The van der Waals surface area contributed by atoms with Gasteiger partial charge in [0, 0.05) is 17.2 Å². The van der Waals surface area contributed by atoms with Crippen LogP contribution in [-0.2, 0) is 11.3 Å². The van der Waals surface area contributed by atoms with Gasteiger partial charge in [-0.1, -0.05) is 30.3 Å². The van der Waals surface area contributed by atoms with Crippen LogP contribution in [0.3, 0.4) is 0 Å². The lowest BCUT2D eigenvalue weighted by Gasteiger charge is -2.56. The molecule has 0 atom stereocenters. The monoisotopic (exact) mass is 390 g/mol. The first-order chi connectivity index (χ1) is 14.1. The standard InChI is InChI=1S/C24H27N3O2/c28-22(16-27-8-4-7-21(15-27)20-5-2-1-3-6-20)25-23(29)26-24-12-17-9-18(13-24)11-19(10-17)14-24/h1-8,15,17-19H,9-14,16H2,(H-,25,26,28,29)/p+1. The van der Waals surface area contributed by atoms with Gasteiger partial charge in [0.05, 0.1) is 0 Å². The normalized spacial score (nSPS) is 29.4. The average Bonchev–Trinajstić information content (AvgIpc) is 2.67. The Morgan fingerprint density at radius 1 is 0.897 bits per heavy atom. The molecule has 29 heavy (non-hydrogen) atoms. The van der Waals surface area contributed by atoms with Crippen LogP contribution in [0.2, 0.25) is 0 Å². The van der Waals surface area contributed by atoms with Crippen molar-refractivity contribution in [3.05, 3.63) is 54.9 Å². The molecule has 2 N–H and O–H groups in total. The highest BCUT2D eigenvalue weighted by Gasteiger charge is 2.51. The number of hydrogen-bond donors (Lipinski definition) is 2. The van der Waals surface area contributed by atoms with Crippen LogP contribution in [-0.4, -0.2) is 17.5 Å². The van der Waals surface area contributed by atoms with Crippen LogP contribution in [0.15, 0.2) is 54.9 Å². The fourth-order valence-corrected chi connectivity index (χ4v) is 6.29. The van der Waals surface area contributed by atoms with Crippen LogP contribution >= 0.6 is 0 Å². The maximum absolute atomic E-state index is 12.6. The van der Waals surface area contributed by atoms with E-state index in [1.54, 1.807) is 0 Å². The van der Waals surface area contributed by atoms with E-state index in [1.807, 2.05) is 59.4 Å². The third-order valence-electron chi connectivity index (χ3n) is 6.96. The molecule has 5 nitrogen and oxygen atoms in total. The summed E-state index contributed by atoms with van der Waals surface area (Å²) in [5, 5.41) is 5.75. The Bertz CT molecular complexity index is 889. The Hall–Kier alpha value is -2.69. The predicted molar refractivity (Wildman–Crippen MR) is 110 cm³/mol. The second-order valence-electron chi connectivity index (χ2n) is 9.33. The first kappa shape index (κ1) is 18.3. The number of imide groups is 1. The second-order valence-corrected chi connectivity index (χ2v) is 9.33. The Kier molecular flexibility index (Phi) is 4.61. The first-order valence-electron chi connectivity index (χ1n) is 10.7. The average molecular weight is 391 g/mol. The quantitative estimate of drug-likeness (QED) is 0.786. The number of pyridine rings is 1. The highest BCUT2D eigenvalue weighted by Crippen LogP contribution is 2.55. The number of rotatable bonds is 4. The van der Waals surface area contributed by atoms with Crippen molar-refractivity contribution in [2.45, 2.75) is 50.6 Å². The van der Waals surface area contributed by atoms with Crippen LogP contribution in [0.25, 0.3) is 11.1 Å². The number of amides is 3. The molecule has 4 bridgehead atoms. The van der Waals surface area contributed by atoms with Crippen molar-refractivity contribution in [3.63, 3.8) is 0 Å². The summed E-state index contributed by atoms with van der Waals surface area (Å²) in [6.45, 7) is 0.120. The van der Waals surface area contributed by atoms with Gasteiger partial charge in [-0.05, 0) is 67.9 Å². The SMILES string of the molecule is O=C(C[n+]1cccc(-c2ccccc2)c1)NC(=O)NC12CC3CC(CC(C3)C1)C2. The van der Waals surface area contributed by atoms with Gasteiger partial charge in [0.2, 0.25) is 6.54 Å². The lowest BCUT2D eigenvalue weighted by Crippen LogP contribution is -2.62. The maximum atomic E-state index is 12.6. The van der Waals surface area contributed by atoms with E-state index in [4.69, 9.17) is 0 Å². The summed E-state index contributed by atoms with van der Waals surface area (Å²) < 4.78 is 1.82. The molecule has 0 spiro atoms. The minimum absolute atomic E-state index is 0.0838. The molecular weight excluding hydrogens is 362 g/mol. The fraction of sp³-hybridized carbons (Fsp3) is 0.458. The zero-order chi connectivity index (χ0) is 19.8. The Balaban J connectivity index is 1.20. The zero-order valence-corrected chi connectivity index (χ0v) is 16.6. The molecule has 0 radical (unpaired) electrons. The van der Waals surface area contributed by atoms with Crippen molar-refractivity contribution in [1.29, 1.82) is 0 Å². The molecule has 4 aliphatic carbocycles. The minimum Gasteiger partial charge on any atom is -0.332 e. The van der Waals surface area contributed by atoms with Crippen molar-refractivity contribution >= 4 is 11.9 Å². The van der Waals surface area contributed by atoms with Gasteiger partial charge in [0.25, 0.3) is 5.91 Å². The van der Waals surface area contributed by atoms with Crippen molar-refractivity contribution in [1.82, 2.24) is 10.6 Å². The van der Waals surface area contributed by atoms with Gasteiger partial charge >= 0.3 is 6.03 Å². The van der Waals surface area contributed by atoms with E-state index >= 15 is 0 Å². The Morgan fingerprint density at radius 3 is 2.17 bits per heavy atom. The van der Waals surface area contributed by atoms with Gasteiger partial charge in [0.1, 0.15) is 0 Å². The number of nitrogens with one attached hydrogen (secondary N) is 2. The lowest BCUT2D eigenvalue weighted by atomic mass is 9.53. The molecule has 2 aromatic rings. The van der Waals surface area contributed by atoms with E-state index in [1.165, 1.54) is 19.3 Å². The van der Waals surface area contributed by atoms with E-state index in [-0.39, 0.29) is 24.0 Å². The molecule has 5 heteroatoms. The van der Waals surface area contributed by atoms with E-state index in [9.17, 15) is 9.59 Å². The van der Waals surface area contributed by atoms with E-state index in [0.29, 0.717) is 0 Å².